The van der Waals surface area contributed by atoms with Gasteiger partial charge < -0.3 is 30.7 Å². The topological polar surface area (TPSA) is 120 Å². The lowest BCUT2D eigenvalue weighted by molar-refractivity contribution is -0.128. The van der Waals surface area contributed by atoms with Crippen molar-refractivity contribution in [3.63, 3.8) is 0 Å². The first-order chi connectivity index (χ1) is 22.0. The third-order valence-corrected chi connectivity index (χ3v) is 8.20. The first-order valence-electron chi connectivity index (χ1n) is 15.8. The van der Waals surface area contributed by atoms with Crippen molar-refractivity contribution in [1.29, 1.82) is 0 Å². The van der Waals surface area contributed by atoms with E-state index in [0.29, 0.717) is 42.8 Å². The molecular formula is C36H45FN4O5. The van der Waals surface area contributed by atoms with E-state index in [9.17, 15) is 23.9 Å². The van der Waals surface area contributed by atoms with Crippen LogP contribution in [0.15, 0.2) is 72.8 Å². The summed E-state index contributed by atoms with van der Waals surface area (Å²) in [6.07, 6.45) is -0.109. The summed E-state index contributed by atoms with van der Waals surface area (Å²) in [5.74, 6) is -0.800. The Bertz CT molecular complexity index is 1450. The third kappa shape index (κ3) is 9.53. The number of amides is 4. The molecule has 0 aromatic heterocycles. The van der Waals surface area contributed by atoms with Crippen molar-refractivity contribution in [3.8, 4) is 5.75 Å². The molecule has 4 amide bonds. The quantitative estimate of drug-likeness (QED) is 0.201. The normalized spacial score (nSPS) is 15.5. The summed E-state index contributed by atoms with van der Waals surface area (Å²) in [7, 11) is 0. The summed E-state index contributed by atoms with van der Waals surface area (Å²) in [4.78, 5) is 40.9. The summed E-state index contributed by atoms with van der Waals surface area (Å²) in [5.41, 5.74) is 3.05. The fourth-order valence-electron chi connectivity index (χ4n) is 6.05. The van der Waals surface area contributed by atoms with Crippen molar-refractivity contribution in [2.75, 3.05) is 19.7 Å². The van der Waals surface area contributed by atoms with E-state index in [1.165, 1.54) is 12.1 Å². The van der Waals surface area contributed by atoms with E-state index < -0.39 is 30.1 Å². The summed E-state index contributed by atoms with van der Waals surface area (Å²) in [6.45, 7) is 7.83. The van der Waals surface area contributed by atoms with Gasteiger partial charge in [-0.05, 0) is 73.4 Å². The molecule has 3 aromatic carbocycles. The monoisotopic (exact) mass is 632 g/mol. The molecule has 46 heavy (non-hydrogen) atoms. The highest BCUT2D eigenvalue weighted by atomic mass is 19.1. The van der Waals surface area contributed by atoms with Crippen LogP contribution in [-0.4, -0.2) is 71.8 Å². The fraction of sp³-hybridized carbons (Fsp3) is 0.417. The zero-order valence-electron chi connectivity index (χ0n) is 27.0. The van der Waals surface area contributed by atoms with Gasteiger partial charge in [-0.2, -0.15) is 0 Å². The Labute approximate surface area is 270 Å². The maximum absolute atomic E-state index is 13.8. The fourth-order valence-corrected chi connectivity index (χ4v) is 6.05. The van der Waals surface area contributed by atoms with Crippen molar-refractivity contribution >= 4 is 17.8 Å². The number of carbonyl (C=O) groups is 3. The van der Waals surface area contributed by atoms with Crippen LogP contribution in [-0.2, 0) is 22.4 Å². The van der Waals surface area contributed by atoms with E-state index in [4.69, 9.17) is 4.74 Å². The second kappa shape index (κ2) is 16.2. The maximum Gasteiger partial charge on any atom is 0.318 e. The minimum absolute atomic E-state index is 0.135. The van der Waals surface area contributed by atoms with Gasteiger partial charge in [0.1, 0.15) is 17.6 Å². The van der Waals surface area contributed by atoms with Crippen LogP contribution in [0.25, 0.3) is 0 Å². The van der Waals surface area contributed by atoms with Gasteiger partial charge in [-0.15, -0.1) is 0 Å². The largest absolute Gasteiger partial charge is 0.483 e. The van der Waals surface area contributed by atoms with Crippen molar-refractivity contribution in [3.05, 3.63) is 101 Å². The lowest BCUT2D eigenvalue weighted by atomic mass is 9.93. The molecule has 0 spiro atoms. The molecule has 1 fully saturated rings. The molecule has 1 saturated heterocycles. The standard InChI is InChI=1S/C36H45FN4O5/c1-23(2)33(41-16-15-38-36(41)45)35(44)39-29(19-26-11-7-5-8-12-26)21-31(42)30(20-27-13-9-6-10-14-27)40-32(43)22-46-34-24(3)17-28(37)18-25(34)4/h5-14,17-18,23,29-31,33,42H,15-16,19-22H2,1-4H3,(H,38,45)(H,39,44)(H,40,43)/t29-,30-,31-,33-/m0/s1. The first kappa shape index (κ1) is 34.4. The average molecular weight is 633 g/mol. The lowest BCUT2D eigenvalue weighted by Crippen LogP contribution is -2.55. The minimum atomic E-state index is -1.04. The van der Waals surface area contributed by atoms with Gasteiger partial charge in [0, 0.05) is 19.1 Å². The molecule has 0 aliphatic carbocycles. The van der Waals surface area contributed by atoms with Gasteiger partial charge in [0.2, 0.25) is 5.91 Å². The number of rotatable bonds is 15. The molecule has 0 bridgehead atoms. The Balaban J connectivity index is 1.52. The highest BCUT2D eigenvalue weighted by Crippen LogP contribution is 2.24. The van der Waals surface area contributed by atoms with Crippen molar-refractivity contribution in [2.24, 2.45) is 5.92 Å². The Morgan fingerprint density at radius 3 is 2.09 bits per heavy atom. The number of urea groups is 1. The van der Waals surface area contributed by atoms with Gasteiger partial charge in [0.05, 0.1) is 12.1 Å². The van der Waals surface area contributed by atoms with Crippen LogP contribution >= 0.6 is 0 Å². The Morgan fingerprint density at radius 2 is 1.54 bits per heavy atom. The summed E-state index contributed by atoms with van der Waals surface area (Å²) >= 11 is 0. The predicted octanol–water partition coefficient (Wildman–Crippen LogP) is 4.08. The molecule has 1 aliphatic heterocycles. The van der Waals surface area contributed by atoms with Gasteiger partial charge in [-0.1, -0.05) is 74.5 Å². The summed E-state index contributed by atoms with van der Waals surface area (Å²) < 4.78 is 19.5. The molecule has 0 unspecified atom stereocenters. The Morgan fingerprint density at radius 1 is 0.957 bits per heavy atom. The van der Waals surface area contributed by atoms with Crippen LogP contribution in [0.2, 0.25) is 0 Å². The number of nitrogens with one attached hydrogen (secondary N) is 3. The first-order valence-corrected chi connectivity index (χ1v) is 15.8. The Hall–Kier alpha value is -4.44. The molecule has 3 aromatic rings. The molecule has 1 heterocycles. The summed E-state index contributed by atoms with van der Waals surface area (Å²) in [5, 5.41) is 20.5. The minimum Gasteiger partial charge on any atom is -0.483 e. The molecular weight excluding hydrogens is 587 g/mol. The van der Waals surface area contributed by atoms with Crippen LogP contribution < -0.4 is 20.7 Å². The van der Waals surface area contributed by atoms with Crippen LogP contribution in [0, 0.1) is 25.6 Å². The highest BCUT2D eigenvalue weighted by molar-refractivity contribution is 5.88. The van der Waals surface area contributed by atoms with Gasteiger partial charge in [-0.25, -0.2) is 9.18 Å². The zero-order chi connectivity index (χ0) is 33.2. The smallest absolute Gasteiger partial charge is 0.318 e. The number of hydrogen-bond donors (Lipinski definition) is 4. The highest BCUT2D eigenvalue weighted by Gasteiger charge is 2.36. The average Bonchev–Trinajstić information content (AvgIpc) is 3.41. The molecule has 4 rings (SSSR count). The van der Waals surface area contributed by atoms with Gasteiger partial charge in [-0.3, -0.25) is 9.59 Å². The molecule has 4 N–H and O–H groups in total. The van der Waals surface area contributed by atoms with Crippen molar-refractivity contribution < 1.29 is 28.6 Å². The number of aryl methyl sites for hydroxylation is 2. The number of aliphatic hydroxyl groups is 1. The van der Waals surface area contributed by atoms with E-state index in [1.807, 2.05) is 74.5 Å². The molecule has 246 valence electrons. The Kier molecular flexibility index (Phi) is 12.1. The van der Waals surface area contributed by atoms with Crippen molar-refractivity contribution in [1.82, 2.24) is 20.9 Å². The second-order valence-electron chi connectivity index (χ2n) is 12.3. The van der Waals surface area contributed by atoms with Crippen LogP contribution in [0.3, 0.4) is 0 Å². The zero-order valence-corrected chi connectivity index (χ0v) is 27.0. The van der Waals surface area contributed by atoms with E-state index in [-0.39, 0.29) is 36.7 Å². The van der Waals surface area contributed by atoms with Crippen LogP contribution in [0.1, 0.15) is 42.5 Å². The number of ether oxygens (including phenoxy) is 1. The number of nitrogens with zero attached hydrogens (tertiary/aromatic N) is 1. The molecule has 4 atom stereocenters. The maximum atomic E-state index is 13.8. The molecule has 0 radical (unpaired) electrons. The number of aliphatic hydroxyl groups excluding tert-OH is 1. The predicted molar refractivity (Wildman–Crippen MR) is 175 cm³/mol. The summed E-state index contributed by atoms with van der Waals surface area (Å²) in [6, 6.07) is 19.7. The molecule has 0 saturated carbocycles. The van der Waals surface area contributed by atoms with Gasteiger partial charge >= 0.3 is 6.03 Å². The van der Waals surface area contributed by atoms with E-state index in [0.717, 1.165) is 11.1 Å². The van der Waals surface area contributed by atoms with E-state index in [1.54, 1.807) is 18.7 Å². The number of halogens is 1. The molecule has 10 heteroatoms. The third-order valence-electron chi connectivity index (χ3n) is 8.20. The van der Waals surface area contributed by atoms with E-state index >= 15 is 0 Å². The van der Waals surface area contributed by atoms with Crippen molar-refractivity contribution in [2.45, 2.75) is 71.2 Å². The van der Waals surface area contributed by atoms with E-state index in [2.05, 4.69) is 16.0 Å². The number of benzene rings is 3. The van der Waals surface area contributed by atoms with Gasteiger partial charge in [0.15, 0.2) is 6.61 Å². The van der Waals surface area contributed by atoms with Gasteiger partial charge in [0.25, 0.3) is 5.91 Å². The molecule has 9 nitrogen and oxygen atoms in total. The number of carbonyl (C=O) groups excluding carboxylic acids is 3. The van der Waals surface area contributed by atoms with Crippen LogP contribution in [0.4, 0.5) is 9.18 Å². The SMILES string of the molecule is Cc1cc(F)cc(C)c1OCC(=O)N[C@@H](Cc1ccccc1)[C@@H](O)C[C@H](Cc1ccccc1)NC(=O)[C@H](C(C)C)N1CCNC1=O. The van der Waals surface area contributed by atoms with Crippen LogP contribution in [0.5, 0.6) is 5.75 Å². The number of hydrogen-bond acceptors (Lipinski definition) is 5. The lowest BCUT2D eigenvalue weighted by Gasteiger charge is -2.32. The molecule has 1 aliphatic rings. The second-order valence-corrected chi connectivity index (χ2v) is 12.3.